The predicted octanol–water partition coefficient (Wildman–Crippen LogP) is 4.22. The molecule has 3 amide bonds. The van der Waals surface area contributed by atoms with Gasteiger partial charge < -0.3 is 30.7 Å². The van der Waals surface area contributed by atoms with Gasteiger partial charge in [-0.05, 0) is 60.8 Å². The van der Waals surface area contributed by atoms with Crippen LogP contribution in [0, 0.1) is 11.8 Å². The molecule has 0 bridgehead atoms. The van der Waals surface area contributed by atoms with Crippen LogP contribution in [0.15, 0.2) is 54.6 Å². The second-order valence-corrected chi connectivity index (χ2v) is 12.8. The minimum absolute atomic E-state index is 0.0884. The summed E-state index contributed by atoms with van der Waals surface area (Å²) in [5, 5.41) is 20.8. The Kier molecular flexibility index (Phi) is 13.9. The molecule has 3 rings (SSSR count). The van der Waals surface area contributed by atoms with E-state index in [0.29, 0.717) is 38.8 Å². The third-order valence-electron chi connectivity index (χ3n) is 9.09. The van der Waals surface area contributed by atoms with Crippen LogP contribution in [0.5, 0.6) is 5.75 Å². The molecule has 5 atom stereocenters. The molecule has 0 spiro atoms. The summed E-state index contributed by atoms with van der Waals surface area (Å²) in [5.41, 5.74) is 1.07. The Morgan fingerprint density at radius 3 is 2.40 bits per heavy atom. The van der Waals surface area contributed by atoms with Crippen LogP contribution in [0.3, 0.4) is 0 Å². The number of nitrogens with one attached hydrogen (secondary N) is 3. The van der Waals surface area contributed by atoms with Crippen LogP contribution in [0.2, 0.25) is 0 Å². The lowest BCUT2D eigenvalue weighted by Gasteiger charge is -2.36. The highest BCUT2D eigenvalue weighted by Crippen LogP contribution is 2.34. The van der Waals surface area contributed by atoms with Gasteiger partial charge in [-0.15, -0.1) is 0 Å². The Bertz CT molecular complexity index is 1240. The predicted molar refractivity (Wildman–Crippen MR) is 178 cm³/mol. The van der Waals surface area contributed by atoms with Crippen LogP contribution < -0.4 is 20.7 Å². The van der Waals surface area contributed by atoms with E-state index in [0.717, 1.165) is 23.3 Å². The number of hydrogen-bond acceptors (Lipinski definition) is 6. The summed E-state index contributed by atoms with van der Waals surface area (Å²) in [7, 11) is 1.63. The van der Waals surface area contributed by atoms with Crippen LogP contribution in [0.4, 0.5) is 0 Å². The lowest BCUT2D eigenvalue weighted by atomic mass is 9.81. The first-order chi connectivity index (χ1) is 21.5. The van der Waals surface area contributed by atoms with Crippen molar-refractivity contribution in [2.75, 3.05) is 20.2 Å². The summed E-state index contributed by atoms with van der Waals surface area (Å²) in [5.74, 6) is 0.254. The number of rotatable bonds is 18. The molecule has 2 aromatic rings. The lowest BCUT2D eigenvalue weighted by Crippen LogP contribution is -2.61. The van der Waals surface area contributed by atoms with Gasteiger partial charge in [-0.1, -0.05) is 83.5 Å². The molecular weight excluding hydrogens is 568 g/mol. The Labute approximate surface area is 269 Å². The maximum atomic E-state index is 14.2. The molecule has 4 N–H and O–H groups in total. The summed E-state index contributed by atoms with van der Waals surface area (Å²) >= 11 is 0. The highest BCUT2D eigenvalue weighted by atomic mass is 16.5. The van der Waals surface area contributed by atoms with Gasteiger partial charge in [0, 0.05) is 26.1 Å². The molecule has 2 aromatic carbocycles. The molecule has 1 heterocycles. The summed E-state index contributed by atoms with van der Waals surface area (Å²) in [6.07, 6.45) is 2.23. The highest BCUT2D eigenvalue weighted by Gasteiger charge is 2.53. The third-order valence-corrected chi connectivity index (χ3v) is 9.09. The van der Waals surface area contributed by atoms with Gasteiger partial charge in [0.25, 0.3) is 0 Å². The fraction of sp³-hybridized carbons (Fsp3) is 0.583. The topological polar surface area (TPSA) is 120 Å². The number of likely N-dealkylation sites (tertiary alicyclic amines) is 1. The maximum Gasteiger partial charge on any atom is 0.249 e. The number of aryl methyl sites for hydroxylation is 1. The average Bonchev–Trinajstić information content (AvgIpc) is 3.36. The number of ether oxygens (including phenoxy) is 1. The van der Waals surface area contributed by atoms with Gasteiger partial charge >= 0.3 is 0 Å². The van der Waals surface area contributed by atoms with Crippen LogP contribution in [-0.2, 0) is 27.3 Å². The first-order valence-corrected chi connectivity index (χ1v) is 16.5. The van der Waals surface area contributed by atoms with E-state index in [9.17, 15) is 19.5 Å². The minimum atomic E-state index is -1.03. The number of benzene rings is 2. The van der Waals surface area contributed by atoms with E-state index in [1.165, 1.54) is 0 Å². The number of carbonyl (C=O) groups is 3. The van der Waals surface area contributed by atoms with Crippen molar-refractivity contribution < 1.29 is 24.2 Å². The van der Waals surface area contributed by atoms with Crippen molar-refractivity contribution in [2.24, 2.45) is 11.8 Å². The number of nitrogens with zero attached hydrogens (tertiary/aromatic N) is 1. The molecule has 9 heteroatoms. The molecule has 0 aliphatic carbocycles. The van der Waals surface area contributed by atoms with Crippen molar-refractivity contribution in [1.82, 2.24) is 20.9 Å². The summed E-state index contributed by atoms with van der Waals surface area (Å²) in [4.78, 5) is 42.6. The standard InChI is InChI=1S/C36H54N4O5/c1-7-26(5)36(39-33(42)8-2)19-20-40(35(36)44)31(18-17-27-13-10-9-11-14-27)34(43)38-30(21-25(3)4)32(41)24-37-23-28-15-12-16-29(22-28)45-6/h9-16,22,25-26,30-32,37,41H,7-8,17-21,23-24H2,1-6H3,(H,38,43)(H,39,42)/t26-,30?,31?,32?,36-/m0/s1. The zero-order valence-electron chi connectivity index (χ0n) is 28.0. The molecule has 9 nitrogen and oxygen atoms in total. The first-order valence-electron chi connectivity index (χ1n) is 16.5. The Morgan fingerprint density at radius 1 is 1.04 bits per heavy atom. The molecule has 1 aliphatic heterocycles. The molecule has 1 saturated heterocycles. The normalized spacial score (nSPS) is 19.2. The molecule has 1 fully saturated rings. The minimum Gasteiger partial charge on any atom is -0.497 e. The van der Waals surface area contributed by atoms with Crippen LogP contribution >= 0.6 is 0 Å². The summed E-state index contributed by atoms with van der Waals surface area (Å²) in [6, 6.07) is 16.4. The monoisotopic (exact) mass is 622 g/mol. The van der Waals surface area contributed by atoms with Crippen molar-refractivity contribution in [1.29, 1.82) is 0 Å². The fourth-order valence-corrected chi connectivity index (χ4v) is 6.21. The van der Waals surface area contributed by atoms with Crippen molar-refractivity contribution >= 4 is 17.7 Å². The summed E-state index contributed by atoms with van der Waals surface area (Å²) < 4.78 is 5.31. The quantitative estimate of drug-likeness (QED) is 0.198. The van der Waals surface area contributed by atoms with E-state index in [2.05, 4.69) is 29.8 Å². The van der Waals surface area contributed by atoms with Gasteiger partial charge in [0.15, 0.2) is 0 Å². The number of carbonyl (C=O) groups excluding carboxylic acids is 3. The molecule has 248 valence electrons. The average molecular weight is 623 g/mol. The van der Waals surface area contributed by atoms with Crippen molar-refractivity contribution in [2.45, 2.75) is 103 Å². The number of aliphatic hydroxyl groups is 1. The van der Waals surface area contributed by atoms with Crippen molar-refractivity contribution in [3.63, 3.8) is 0 Å². The second kappa shape index (κ2) is 17.3. The van der Waals surface area contributed by atoms with E-state index < -0.39 is 23.7 Å². The zero-order chi connectivity index (χ0) is 33.0. The molecule has 0 aromatic heterocycles. The van der Waals surface area contributed by atoms with Crippen molar-refractivity contribution in [3.05, 3.63) is 65.7 Å². The highest BCUT2D eigenvalue weighted by molar-refractivity contribution is 5.97. The maximum absolute atomic E-state index is 14.2. The van der Waals surface area contributed by atoms with E-state index in [-0.39, 0.29) is 42.5 Å². The Balaban J connectivity index is 1.80. The lowest BCUT2D eigenvalue weighted by molar-refractivity contribution is -0.144. The van der Waals surface area contributed by atoms with Crippen molar-refractivity contribution in [3.8, 4) is 5.75 Å². The van der Waals surface area contributed by atoms with Gasteiger partial charge in [0.1, 0.15) is 17.3 Å². The third kappa shape index (κ3) is 9.78. The van der Waals surface area contributed by atoms with Gasteiger partial charge in [0.05, 0.1) is 19.3 Å². The molecule has 0 saturated carbocycles. The van der Waals surface area contributed by atoms with Crippen LogP contribution in [-0.4, -0.2) is 71.7 Å². The van der Waals surface area contributed by atoms with Crippen LogP contribution in [0.25, 0.3) is 0 Å². The van der Waals surface area contributed by atoms with E-state index >= 15 is 0 Å². The number of methoxy groups -OCH3 is 1. The number of hydrogen-bond donors (Lipinski definition) is 4. The second-order valence-electron chi connectivity index (χ2n) is 12.8. The van der Waals surface area contributed by atoms with Gasteiger partial charge in [-0.25, -0.2) is 0 Å². The van der Waals surface area contributed by atoms with E-state index in [4.69, 9.17) is 4.74 Å². The molecule has 45 heavy (non-hydrogen) atoms. The first kappa shape index (κ1) is 36.0. The van der Waals surface area contributed by atoms with Gasteiger partial charge in [0.2, 0.25) is 17.7 Å². The smallest absolute Gasteiger partial charge is 0.249 e. The number of aliphatic hydroxyl groups excluding tert-OH is 1. The largest absolute Gasteiger partial charge is 0.497 e. The fourth-order valence-electron chi connectivity index (χ4n) is 6.21. The van der Waals surface area contributed by atoms with E-state index in [1.54, 1.807) is 18.9 Å². The Hall–Kier alpha value is -3.43. The molecule has 3 unspecified atom stereocenters. The summed E-state index contributed by atoms with van der Waals surface area (Å²) in [6.45, 7) is 11.1. The van der Waals surface area contributed by atoms with Crippen LogP contribution in [0.1, 0.15) is 77.8 Å². The number of amides is 3. The zero-order valence-corrected chi connectivity index (χ0v) is 28.0. The molecular formula is C36H54N4O5. The molecule has 1 aliphatic rings. The van der Waals surface area contributed by atoms with Gasteiger partial charge in [-0.3, -0.25) is 14.4 Å². The van der Waals surface area contributed by atoms with E-state index in [1.807, 2.05) is 68.4 Å². The SMILES string of the molecule is CCC(=O)N[C@]1([C@@H](C)CC)CCN(C(CCc2ccccc2)C(=O)NC(CC(C)C)C(O)CNCc2cccc(OC)c2)C1=O. The Morgan fingerprint density at radius 2 is 1.76 bits per heavy atom. The molecule has 0 radical (unpaired) electrons. The van der Waals surface area contributed by atoms with Gasteiger partial charge in [-0.2, -0.15) is 0 Å².